The van der Waals surface area contributed by atoms with Crippen molar-refractivity contribution in [3.05, 3.63) is 25.3 Å². The molecule has 0 saturated carbocycles. The third-order valence-corrected chi connectivity index (χ3v) is 1.01. The summed E-state index contributed by atoms with van der Waals surface area (Å²) in [5.41, 5.74) is 0. The van der Waals surface area contributed by atoms with Gasteiger partial charge in [0.25, 0.3) is 0 Å². The van der Waals surface area contributed by atoms with Crippen LogP contribution in [0.5, 0.6) is 0 Å². The number of hydrogen-bond acceptors (Lipinski definition) is 4. The van der Waals surface area contributed by atoms with E-state index in [2.05, 4.69) is 22.6 Å². The minimum absolute atomic E-state index is 0. The van der Waals surface area contributed by atoms with Crippen LogP contribution in [-0.4, -0.2) is 48.2 Å². The predicted molar refractivity (Wildman–Crippen MR) is 52.7 cm³/mol. The summed E-state index contributed by atoms with van der Waals surface area (Å²) in [4.78, 5) is 21.6. The monoisotopic (exact) mass is 208 g/mol. The summed E-state index contributed by atoms with van der Waals surface area (Å²) in [5.74, 6) is -1.23. The van der Waals surface area contributed by atoms with Crippen molar-refractivity contribution in [1.29, 1.82) is 0 Å². The summed E-state index contributed by atoms with van der Waals surface area (Å²) in [6.07, 6.45) is 2.47. The molecule has 14 heavy (non-hydrogen) atoms. The molecule has 0 atom stereocenters. The molecule has 0 aliphatic rings. The van der Waals surface area contributed by atoms with E-state index in [1.807, 2.05) is 0 Å². The topological polar surface area (TPSA) is 52.6 Å². The summed E-state index contributed by atoms with van der Waals surface area (Å²) in [7, 11) is 0. The molecule has 0 heterocycles. The zero-order chi connectivity index (χ0) is 10.1. The maximum absolute atomic E-state index is 10.8. The van der Waals surface area contributed by atoms with Gasteiger partial charge in [-0.1, -0.05) is 25.3 Å². The van der Waals surface area contributed by atoms with Gasteiger partial charge < -0.3 is 9.47 Å². The third-order valence-electron chi connectivity index (χ3n) is 1.01. The minimum Gasteiger partial charge on any atom is -0.461 e. The number of hydrogen-bond donors (Lipinski definition) is 0. The van der Waals surface area contributed by atoms with Crippen molar-refractivity contribution < 1.29 is 19.1 Å². The first-order valence-corrected chi connectivity index (χ1v) is 3.73. The Morgan fingerprint density at radius 1 is 1.00 bits per heavy atom. The van der Waals surface area contributed by atoms with Crippen molar-refractivity contribution in [3.8, 4) is 0 Å². The molecule has 0 aliphatic carbocycles. The van der Waals surface area contributed by atoms with Crippen LogP contribution < -0.4 is 0 Å². The number of ether oxygens (including phenoxy) is 2. The molecule has 0 aromatic rings. The fourth-order valence-electron chi connectivity index (χ4n) is 0.524. The van der Waals surface area contributed by atoms with E-state index in [1.54, 1.807) is 0 Å². The van der Waals surface area contributed by atoms with Crippen molar-refractivity contribution >= 4 is 35.0 Å². The van der Waals surface area contributed by atoms with Crippen molar-refractivity contribution in [2.45, 2.75) is 6.42 Å². The van der Waals surface area contributed by atoms with Crippen molar-refractivity contribution in [1.82, 2.24) is 0 Å². The van der Waals surface area contributed by atoms with Crippen LogP contribution in [0.1, 0.15) is 6.42 Å². The van der Waals surface area contributed by atoms with Gasteiger partial charge in [-0.2, -0.15) is 0 Å². The molecule has 0 fully saturated rings. The van der Waals surface area contributed by atoms with Crippen LogP contribution in [0.25, 0.3) is 0 Å². The quantitative estimate of drug-likeness (QED) is 0.275. The van der Waals surface area contributed by atoms with E-state index in [-0.39, 0.29) is 42.7 Å². The second kappa shape index (κ2) is 10.3. The van der Waals surface area contributed by atoms with Crippen LogP contribution in [-0.2, 0) is 19.1 Å². The number of rotatable bonds is 6. The number of esters is 2. The smallest absolute Gasteiger partial charge is 0.461 e. The van der Waals surface area contributed by atoms with Crippen molar-refractivity contribution in [2.75, 3.05) is 13.2 Å². The van der Waals surface area contributed by atoms with Crippen LogP contribution in [0.2, 0.25) is 0 Å². The van der Waals surface area contributed by atoms with Gasteiger partial charge in [-0.3, -0.25) is 9.59 Å². The van der Waals surface area contributed by atoms with Crippen LogP contribution in [0, 0.1) is 0 Å². The molecule has 4 nitrogen and oxygen atoms in total. The molecule has 5 heteroatoms. The Kier molecular flexibility index (Phi) is 11.5. The van der Waals surface area contributed by atoms with Crippen LogP contribution in [0.4, 0.5) is 0 Å². The molecule has 0 saturated heterocycles. The van der Waals surface area contributed by atoms with Gasteiger partial charge in [0, 0.05) is 0 Å². The van der Waals surface area contributed by atoms with E-state index in [0.29, 0.717) is 0 Å². The number of carbonyl (C=O) groups is 2. The Hall–Kier alpha value is -0.814. The van der Waals surface area contributed by atoms with E-state index >= 15 is 0 Å². The molecule has 0 aromatic carbocycles. The first-order chi connectivity index (χ1) is 6.20. The molecular formula is C9H12MgO4+2. The standard InChI is InChI=1S/C9H12O4.Mg/c1-3-5-12-8(10)7-9(11)13-6-4-2;/h3-4H,1-2,5-7H2;/q;+2. The second-order valence-electron chi connectivity index (χ2n) is 2.12. The largest absolute Gasteiger partial charge is 2.00 e. The van der Waals surface area contributed by atoms with E-state index in [4.69, 9.17) is 0 Å². The maximum atomic E-state index is 10.8. The van der Waals surface area contributed by atoms with Gasteiger partial charge in [-0.05, 0) is 0 Å². The van der Waals surface area contributed by atoms with E-state index in [9.17, 15) is 9.59 Å². The normalized spacial score (nSPS) is 8.00. The number of carbonyl (C=O) groups excluding carboxylic acids is 2. The molecule has 72 valence electrons. The second-order valence-corrected chi connectivity index (χ2v) is 2.12. The molecule has 0 amide bonds. The summed E-state index contributed by atoms with van der Waals surface area (Å²) in [6.45, 7) is 6.92. The molecule has 0 spiro atoms. The van der Waals surface area contributed by atoms with E-state index < -0.39 is 11.9 Å². The van der Waals surface area contributed by atoms with Gasteiger partial charge in [0.2, 0.25) is 0 Å². The van der Waals surface area contributed by atoms with Gasteiger partial charge in [0.15, 0.2) is 0 Å². The summed E-state index contributed by atoms with van der Waals surface area (Å²) < 4.78 is 9.12. The fourth-order valence-corrected chi connectivity index (χ4v) is 0.524. The van der Waals surface area contributed by atoms with Gasteiger partial charge in [0.1, 0.15) is 19.6 Å². The first-order valence-electron chi connectivity index (χ1n) is 3.73. The van der Waals surface area contributed by atoms with Crippen LogP contribution in [0.15, 0.2) is 25.3 Å². The Bertz CT molecular complexity index is 191. The molecular weight excluding hydrogens is 196 g/mol. The van der Waals surface area contributed by atoms with Gasteiger partial charge in [-0.15, -0.1) is 0 Å². The molecule has 0 unspecified atom stereocenters. The molecule has 0 radical (unpaired) electrons. The predicted octanol–water partition coefficient (Wildman–Crippen LogP) is 0.454. The maximum Gasteiger partial charge on any atom is 2.00 e. The van der Waals surface area contributed by atoms with Crippen molar-refractivity contribution in [2.24, 2.45) is 0 Å². The average Bonchev–Trinajstić information content (AvgIpc) is 2.11. The SMILES string of the molecule is C=CCOC(=O)CC(=O)OCC=C.[Mg+2]. The fraction of sp³-hybridized carbons (Fsp3) is 0.333. The van der Waals surface area contributed by atoms with Gasteiger partial charge in [-0.25, -0.2) is 0 Å². The average molecular weight is 208 g/mol. The first kappa shape index (κ1) is 15.6. The summed E-state index contributed by atoms with van der Waals surface area (Å²) >= 11 is 0. The molecule has 0 aliphatic heterocycles. The zero-order valence-electron chi connectivity index (χ0n) is 8.03. The van der Waals surface area contributed by atoms with Crippen LogP contribution in [0.3, 0.4) is 0 Å². The molecule has 0 aromatic heterocycles. The van der Waals surface area contributed by atoms with E-state index in [1.165, 1.54) is 12.2 Å². The van der Waals surface area contributed by atoms with Gasteiger partial charge in [0.05, 0.1) is 0 Å². The molecule has 0 N–H and O–H groups in total. The molecule has 0 bridgehead atoms. The summed E-state index contributed by atoms with van der Waals surface area (Å²) in [5, 5.41) is 0. The minimum atomic E-state index is -0.617. The van der Waals surface area contributed by atoms with Crippen LogP contribution >= 0.6 is 0 Å². The van der Waals surface area contributed by atoms with Gasteiger partial charge >= 0.3 is 35.0 Å². The Labute approximate surface area is 99.1 Å². The van der Waals surface area contributed by atoms with E-state index in [0.717, 1.165) is 0 Å². The Morgan fingerprint density at radius 2 is 1.36 bits per heavy atom. The van der Waals surface area contributed by atoms with Crippen molar-refractivity contribution in [3.63, 3.8) is 0 Å². The molecule has 0 rings (SSSR count). The Balaban J connectivity index is 0. The zero-order valence-corrected chi connectivity index (χ0v) is 9.44. The Morgan fingerprint density at radius 3 is 1.64 bits per heavy atom. The third kappa shape index (κ3) is 9.28. The summed E-state index contributed by atoms with van der Waals surface area (Å²) in [6, 6.07) is 0.